The van der Waals surface area contributed by atoms with Crippen LogP contribution in [0.2, 0.25) is 5.02 Å². The molecule has 0 fully saturated rings. The van der Waals surface area contributed by atoms with Gasteiger partial charge in [-0.15, -0.1) is 0 Å². The standard InChI is InChI=1S/C9H10ClN3O3/c1-5-12-4-6(10)8(13-5)9(16)11-3-2-7(14)15/h4H,2-3H2,1H3,(H,11,16)(H,14,15). The van der Waals surface area contributed by atoms with Crippen molar-refractivity contribution in [2.45, 2.75) is 13.3 Å². The van der Waals surface area contributed by atoms with E-state index in [1.54, 1.807) is 6.92 Å². The van der Waals surface area contributed by atoms with E-state index in [0.29, 0.717) is 5.82 Å². The fourth-order valence-corrected chi connectivity index (χ4v) is 1.16. The van der Waals surface area contributed by atoms with Crippen LogP contribution < -0.4 is 5.32 Å². The lowest BCUT2D eigenvalue weighted by atomic mass is 10.3. The maximum atomic E-state index is 11.5. The van der Waals surface area contributed by atoms with E-state index >= 15 is 0 Å². The summed E-state index contributed by atoms with van der Waals surface area (Å²) >= 11 is 5.73. The van der Waals surface area contributed by atoms with Crippen molar-refractivity contribution in [1.82, 2.24) is 15.3 Å². The average molecular weight is 244 g/mol. The number of amides is 1. The highest BCUT2D eigenvalue weighted by Crippen LogP contribution is 2.11. The predicted molar refractivity (Wildman–Crippen MR) is 56.4 cm³/mol. The second kappa shape index (κ2) is 5.41. The van der Waals surface area contributed by atoms with Crippen molar-refractivity contribution in [2.75, 3.05) is 6.54 Å². The van der Waals surface area contributed by atoms with Gasteiger partial charge in [0.05, 0.1) is 17.6 Å². The molecule has 0 unspecified atom stereocenters. The molecule has 1 aromatic heterocycles. The molecule has 1 heterocycles. The van der Waals surface area contributed by atoms with Crippen LogP contribution in [0, 0.1) is 6.92 Å². The summed E-state index contributed by atoms with van der Waals surface area (Å²) in [4.78, 5) is 29.4. The molecule has 0 aliphatic heterocycles. The van der Waals surface area contributed by atoms with E-state index in [1.807, 2.05) is 0 Å². The normalized spacial score (nSPS) is 9.88. The van der Waals surface area contributed by atoms with E-state index in [9.17, 15) is 9.59 Å². The Morgan fingerprint density at radius 2 is 2.25 bits per heavy atom. The van der Waals surface area contributed by atoms with E-state index < -0.39 is 11.9 Å². The van der Waals surface area contributed by atoms with Crippen molar-refractivity contribution in [3.05, 3.63) is 22.7 Å². The highest BCUT2D eigenvalue weighted by Gasteiger charge is 2.12. The summed E-state index contributed by atoms with van der Waals surface area (Å²) in [7, 11) is 0. The zero-order valence-corrected chi connectivity index (χ0v) is 9.28. The van der Waals surface area contributed by atoms with Crippen molar-refractivity contribution in [3.8, 4) is 0 Å². The molecule has 6 nitrogen and oxygen atoms in total. The number of hydrogen-bond acceptors (Lipinski definition) is 4. The van der Waals surface area contributed by atoms with E-state index in [-0.39, 0.29) is 23.7 Å². The molecule has 7 heteroatoms. The number of carboxylic acids is 1. The number of nitrogens with one attached hydrogen (secondary N) is 1. The van der Waals surface area contributed by atoms with Gasteiger partial charge in [0.2, 0.25) is 0 Å². The maximum absolute atomic E-state index is 11.5. The van der Waals surface area contributed by atoms with Crippen LogP contribution in [0.15, 0.2) is 6.20 Å². The molecular formula is C9H10ClN3O3. The number of aliphatic carboxylic acids is 1. The summed E-state index contributed by atoms with van der Waals surface area (Å²) in [5.74, 6) is -1.06. The molecule has 1 rings (SSSR count). The number of aromatic nitrogens is 2. The monoisotopic (exact) mass is 243 g/mol. The van der Waals surface area contributed by atoms with E-state index in [4.69, 9.17) is 16.7 Å². The summed E-state index contributed by atoms with van der Waals surface area (Å²) < 4.78 is 0. The summed E-state index contributed by atoms with van der Waals surface area (Å²) in [6, 6.07) is 0. The largest absolute Gasteiger partial charge is 0.481 e. The molecule has 0 radical (unpaired) electrons. The maximum Gasteiger partial charge on any atom is 0.305 e. The lowest BCUT2D eigenvalue weighted by Gasteiger charge is -2.04. The minimum atomic E-state index is -0.981. The zero-order valence-electron chi connectivity index (χ0n) is 8.53. The molecule has 16 heavy (non-hydrogen) atoms. The Morgan fingerprint density at radius 1 is 1.56 bits per heavy atom. The second-order valence-corrected chi connectivity index (χ2v) is 3.42. The van der Waals surface area contributed by atoms with Gasteiger partial charge in [0, 0.05) is 6.54 Å². The van der Waals surface area contributed by atoms with Gasteiger partial charge in [-0.05, 0) is 6.92 Å². The van der Waals surface area contributed by atoms with E-state index in [1.165, 1.54) is 6.20 Å². The van der Waals surface area contributed by atoms with Gasteiger partial charge in [0.15, 0.2) is 0 Å². The van der Waals surface area contributed by atoms with Gasteiger partial charge in [0.1, 0.15) is 11.5 Å². The summed E-state index contributed by atoms with van der Waals surface area (Å²) in [5, 5.41) is 10.9. The Kier molecular flexibility index (Phi) is 4.19. The number of nitrogens with zero attached hydrogens (tertiary/aromatic N) is 2. The van der Waals surface area contributed by atoms with Crippen LogP contribution >= 0.6 is 11.6 Å². The zero-order chi connectivity index (χ0) is 12.1. The van der Waals surface area contributed by atoms with Crippen LogP contribution in [0.25, 0.3) is 0 Å². The quantitative estimate of drug-likeness (QED) is 0.810. The molecule has 1 aromatic rings. The number of aryl methyl sites for hydroxylation is 1. The first-order valence-corrected chi connectivity index (χ1v) is 4.87. The highest BCUT2D eigenvalue weighted by molar-refractivity contribution is 6.33. The number of halogens is 1. The molecule has 0 saturated carbocycles. The second-order valence-electron chi connectivity index (χ2n) is 3.01. The Bertz CT molecular complexity index is 422. The lowest BCUT2D eigenvalue weighted by molar-refractivity contribution is -0.136. The molecular weight excluding hydrogens is 234 g/mol. The summed E-state index contributed by atoms with van der Waals surface area (Å²) in [5.41, 5.74) is 0.0551. The summed E-state index contributed by atoms with van der Waals surface area (Å²) in [6.07, 6.45) is 1.18. The lowest BCUT2D eigenvalue weighted by Crippen LogP contribution is -2.27. The van der Waals surface area contributed by atoms with Gasteiger partial charge in [0.25, 0.3) is 5.91 Å². The third kappa shape index (κ3) is 3.47. The van der Waals surface area contributed by atoms with Crippen LogP contribution in [0.4, 0.5) is 0 Å². The molecule has 2 N–H and O–H groups in total. The first kappa shape index (κ1) is 12.4. The molecule has 0 saturated heterocycles. The van der Waals surface area contributed by atoms with Gasteiger partial charge in [-0.2, -0.15) is 0 Å². The van der Waals surface area contributed by atoms with Gasteiger partial charge < -0.3 is 10.4 Å². The van der Waals surface area contributed by atoms with Crippen molar-refractivity contribution in [1.29, 1.82) is 0 Å². The number of rotatable bonds is 4. The highest BCUT2D eigenvalue weighted by atomic mass is 35.5. The number of carbonyl (C=O) groups excluding carboxylic acids is 1. The van der Waals surface area contributed by atoms with Crippen molar-refractivity contribution >= 4 is 23.5 Å². The Morgan fingerprint density at radius 3 is 2.88 bits per heavy atom. The first-order chi connectivity index (χ1) is 7.50. The molecule has 86 valence electrons. The first-order valence-electron chi connectivity index (χ1n) is 4.50. The van der Waals surface area contributed by atoms with Crippen molar-refractivity contribution < 1.29 is 14.7 Å². The number of hydrogen-bond donors (Lipinski definition) is 2. The van der Waals surface area contributed by atoms with Crippen LogP contribution in [-0.4, -0.2) is 33.5 Å². The van der Waals surface area contributed by atoms with Crippen LogP contribution in [0.5, 0.6) is 0 Å². The average Bonchev–Trinajstić information content (AvgIpc) is 2.21. The predicted octanol–water partition coefficient (Wildman–Crippen LogP) is 0.643. The van der Waals surface area contributed by atoms with Gasteiger partial charge in [-0.1, -0.05) is 11.6 Å². The molecule has 0 spiro atoms. The van der Waals surface area contributed by atoms with E-state index in [2.05, 4.69) is 15.3 Å². The molecule has 1 amide bonds. The van der Waals surface area contributed by atoms with Crippen molar-refractivity contribution in [3.63, 3.8) is 0 Å². The Hall–Kier alpha value is -1.69. The minimum Gasteiger partial charge on any atom is -0.481 e. The van der Waals surface area contributed by atoms with E-state index in [0.717, 1.165) is 0 Å². The Labute approximate surface area is 96.7 Å². The minimum absolute atomic E-state index is 0.0353. The van der Waals surface area contributed by atoms with Gasteiger partial charge >= 0.3 is 5.97 Å². The third-order valence-electron chi connectivity index (χ3n) is 1.70. The number of carbonyl (C=O) groups is 2. The van der Waals surface area contributed by atoms with Crippen LogP contribution in [-0.2, 0) is 4.79 Å². The fourth-order valence-electron chi connectivity index (χ4n) is 0.981. The van der Waals surface area contributed by atoms with Crippen LogP contribution in [0.3, 0.4) is 0 Å². The third-order valence-corrected chi connectivity index (χ3v) is 1.98. The fraction of sp³-hybridized carbons (Fsp3) is 0.333. The van der Waals surface area contributed by atoms with Gasteiger partial charge in [-0.3, -0.25) is 9.59 Å². The van der Waals surface area contributed by atoms with Crippen molar-refractivity contribution in [2.24, 2.45) is 0 Å². The summed E-state index contributed by atoms with van der Waals surface area (Å²) in [6.45, 7) is 1.66. The molecule has 0 aliphatic rings. The number of carboxylic acid groups (broad SMARTS) is 1. The molecule has 0 aliphatic carbocycles. The molecule has 0 aromatic carbocycles. The SMILES string of the molecule is Cc1ncc(Cl)c(C(=O)NCCC(=O)O)n1. The molecule has 0 bridgehead atoms. The van der Waals surface area contributed by atoms with Crippen LogP contribution in [0.1, 0.15) is 22.7 Å². The Balaban J connectivity index is 2.65. The van der Waals surface area contributed by atoms with Gasteiger partial charge in [-0.25, -0.2) is 9.97 Å². The topological polar surface area (TPSA) is 92.2 Å². The smallest absolute Gasteiger partial charge is 0.305 e. The molecule has 0 atom stereocenters.